The first-order chi connectivity index (χ1) is 18.3. The van der Waals surface area contributed by atoms with E-state index in [-0.39, 0.29) is 11.8 Å². The fourth-order valence-corrected chi connectivity index (χ4v) is 5.48. The Morgan fingerprint density at radius 3 is 2.53 bits per heavy atom. The standard InChI is InChI=1S/C31H26N4O3/c1-17-21(8-5-9-27(17)35-16-20-6-3-4-7-22(20)31(35)38)23-12-13-25(30(32)37)29-28(23)24-11-10-19(14-26(24)34-29)15-33-18(2)36/h3-14,34H,15-16H2,1-2H3,(H2,32,37)(H,33,36). The van der Waals surface area contributed by atoms with E-state index >= 15 is 0 Å². The van der Waals surface area contributed by atoms with Crippen LogP contribution >= 0.6 is 0 Å². The first-order valence-electron chi connectivity index (χ1n) is 12.4. The number of fused-ring (bicyclic) bond motifs is 4. The second-order valence-corrected chi connectivity index (χ2v) is 9.69. The van der Waals surface area contributed by atoms with Gasteiger partial charge < -0.3 is 20.9 Å². The number of nitrogens with two attached hydrogens (primary N) is 1. The van der Waals surface area contributed by atoms with Gasteiger partial charge in [-0.05, 0) is 59.0 Å². The Morgan fingerprint density at radius 2 is 1.76 bits per heavy atom. The Balaban J connectivity index is 1.52. The third kappa shape index (κ3) is 3.71. The average molecular weight is 503 g/mol. The number of aromatic amines is 1. The van der Waals surface area contributed by atoms with Crippen LogP contribution in [-0.2, 0) is 17.9 Å². The maximum Gasteiger partial charge on any atom is 0.258 e. The molecule has 0 spiro atoms. The molecular weight excluding hydrogens is 476 g/mol. The minimum Gasteiger partial charge on any atom is -0.366 e. The zero-order valence-corrected chi connectivity index (χ0v) is 21.1. The lowest BCUT2D eigenvalue weighted by Crippen LogP contribution is -2.24. The molecule has 7 nitrogen and oxygen atoms in total. The van der Waals surface area contributed by atoms with E-state index in [4.69, 9.17) is 5.73 Å². The van der Waals surface area contributed by atoms with E-state index in [2.05, 4.69) is 10.3 Å². The van der Waals surface area contributed by atoms with Gasteiger partial charge in [-0.3, -0.25) is 14.4 Å². The van der Waals surface area contributed by atoms with E-state index < -0.39 is 5.91 Å². The third-order valence-corrected chi connectivity index (χ3v) is 7.33. The summed E-state index contributed by atoms with van der Waals surface area (Å²) in [5.74, 6) is -0.624. The molecule has 0 saturated heterocycles. The van der Waals surface area contributed by atoms with Crippen LogP contribution in [0.1, 0.15) is 44.3 Å². The van der Waals surface area contributed by atoms with Crippen LogP contribution in [0.25, 0.3) is 32.9 Å². The highest BCUT2D eigenvalue weighted by atomic mass is 16.2. The van der Waals surface area contributed by atoms with Crippen molar-refractivity contribution in [3.05, 3.63) is 101 Å². The van der Waals surface area contributed by atoms with Crippen LogP contribution in [0, 0.1) is 6.92 Å². The highest BCUT2D eigenvalue weighted by molar-refractivity contribution is 6.20. The topological polar surface area (TPSA) is 108 Å². The van der Waals surface area contributed by atoms with Crippen LogP contribution in [0.3, 0.4) is 0 Å². The van der Waals surface area contributed by atoms with E-state index in [1.165, 1.54) is 6.92 Å². The molecule has 0 fully saturated rings. The van der Waals surface area contributed by atoms with Gasteiger partial charge >= 0.3 is 0 Å². The molecule has 0 unspecified atom stereocenters. The van der Waals surface area contributed by atoms with Gasteiger partial charge in [0.2, 0.25) is 5.91 Å². The summed E-state index contributed by atoms with van der Waals surface area (Å²) in [6.45, 7) is 4.44. The summed E-state index contributed by atoms with van der Waals surface area (Å²) in [5.41, 5.74) is 14.1. The molecule has 1 aromatic heterocycles. The number of amides is 3. The molecule has 4 aromatic carbocycles. The van der Waals surface area contributed by atoms with Crippen molar-refractivity contribution in [2.45, 2.75) is 26.9 Å². The summed E-state index contributed by atoms with van der Waals surface area (Å²) in [6.07, 6.45) is 0. The number of nitrogens with zero attached hydrogens (tertiary/aromatic N) is 1. The fraction of sp³-hybridized carbons (Fsp3) is 0.129. The summed E-state index contributed by atoms with van der Waals surface area (Å²) >= 11 is 0. The van der Waals surface area contributed by atoms with Crippen LogP contribution < -0.4 is 16.0 Å². The number of carbonyl (C=O) groups excluding carboxylic acids is 3. The van der Waals surface area contributed by atoms with E-state index in [9.17, 15) is 14.4 Å². The van der Waals surface area contributed by atoms with Gasteiger partial charge in [-0.15, -0.1) is 0 Å². The minimum atomic E-state index is -0.516. The number of rotatable bonds is 5. The number of benzene rings is 4. The Hall–Kier alpha value is -4.91. The Morgan fingerprint density at radius 1 is 0.974 bits per heavy atom. The zero-order valence-electron chi connectivity index (χ0n) is 21.1. The second kappa shape index (κ2) is 8.88. The first kappa shape index (κ1) is 23.5. The molecular formula is C31H26N4O3. The number of primary amides is 1. The molecule has 0 bridgehead atoms. The number of anilines is 1. The fourth-order valence-electron chi connectivity index (χ4n) is 5.48. The molecule has 6 rings (SSSR count). The van der Waals surface area contributed by atoms with E-state index in [0.29, 0.717) is 24.2 Å². The number of nitrogens with one attached hydrogen (secondary N) is 2. The van der Waals surface area contributed by atoms with Gasteiger partial charge in [-0.1, -0.05) is 48.5 Å². The maximum atomic E-state index is 13.2. The molecule has 7 heteroatoms. The van der Waals surface area contributed by atoms with Crippen molar-refractivity contribution in [2.75, 3.05) is 4.90 Å². The van der Waals surface area contributed by atoms with E-state index in [0.717, 1.165) is 55.4 Å². The molecule has 0 saturated carbocycles. The first-order valence-corrected chi connectivity index (χ1v) is 12.4. The van der Waals surface area contributed by atoms with E-state index in [1.54, 1.807) is 6.07 Å². The van der Waals surface area contributed by atoms with Crippen molar-refractivity contribution in [1.82, 2.24) is 10.3 Å². The minimum absolute atomic E-state index is 0.00568. The quantitative estimate of drug-likeness (QED) is 0.308. The summed E-state index contributed by atoms with van der Waals surface area (Å²) < 4.78 is 0. The molecule has 3 amide bonds. The second-order valence-electron chi connectivity index (χ2n) is 9.69. The lowest BCUT2D eigenvalue weighted by molar-refractivity contribution is -0.119. The molecule has 0 radical (unpaired) electrons. The van der Waals surface area contributed by atoms with Gasteiger partial charge in [-0.25, -0.2) is 0 Å². The van der Waals surface area contributed by atoms with Gasteiger partial charge in [0, 0.05) is 41.0 Å². The SMILES string of the molecule is CC(=O)NCc1ccc2c(c1)[nH]c1c(C(N)=O)ccc(-c3cccc(N4Cc5ccccc5C4=O)c3C)c12. The van der Waals surface area contributed by atoms with Gasteiger partial charge in [0.05, 0.1) is 17.6 Å². The molecule has 188 valence electrons. The lowest BCUT2D eigenvalue weighted by atomic mass is 9.93. The zero-order chi connectivity index (χ0) is 26.6. The van der Waals surface area contributed by atoms with Crippen molar-refractivity contribution in [1.29, 1.82) is 0 Å². The average Bonchev–Trinajstić information content (AvgIpc) is 3.45. The van der Waals surface area contributed by atoms with Gasteiger partial charge in [0.15, 0.2) is 0 Å². The highest BCUT2D eigenvalue weighted by Crippen LogP contribution is 2.41. The van der Waals surface area contributed by atoms with Crippen molar-refractivity contribution in [2.24, 2.45) is 5.73 Å². The predicted molar refractivity (Wildman–Crippen MR) is 149 cm³/mol. The lowest BCUT2D eigenvalue weighted by Gasteiger charge is -2.21. The van der Waals surface area contributed by atoms with Crippen LogP contribution in [0.4, 0.5) is 5.69 Å². The third-order valence-electron chi connectivity index (χ3n) is 7.33. The molecule has 1 aliphatic heterocycles. The van der Waals surface area contributed by atoms with Crippen LogP contribution in [0.2, 0.25) is 0 Å². The summed E-state index contributed by atoms with van der Waals surface area (Å²) in [5, 5.41) is 4.65. The van der Waals surface area contributed by atoms with Gasteiger partial charge in [0.25, 0.3) is 11.8 Å². The van der Waals surface area contributed by atoms with Crippen molar-refractivity contribution >= 4 is 45.2 Å². The number of aromatic nitrogens is 1. The van der Waals surface area contributed by atoms with Crippen molar-refractivity contribution in [3.63, 3.8) is 0 Å². The summed E-state index contributed by atoms with van der Waals surface area (Å²) in [6, 6.07) is 23.3. The van der Waals surface area contributed by atoms with Crippen LogP contribution in [-0.4, -0.2) is 22.7 Å². The van der Waals surface area contributed by atoms with Crippen molar-refractivity contribution < 1.29 is 14.4 Å². The van der Waals surface area contributed by atoms with Gasteiger partial charge in [0.1, 0.15) is 0 Å². The van der Waals surface area contributed by atoms with E-state index in [1.807, 2.05) is 78.6 Å². The summed E-state index contributed by atoms with van der Waals surface area (Å²) in [7, 11) is 0. The normalized spacial score (nSPS) is 12.8. The molecule has 5 aromatic rings. The number of hydrogen-bond donors (Lipinski definition) is 3. The molecule has 2 heterocycles. The largest absolute Gasteiger partial charge is 0.366 e. The molecule has 4 N–H and O–H groups in total. The maximum absolute atomic E-state index is 13.2. The Kier molecular flexibility index (Phi) is 5.49. The molecule has 38 heavy (non-hydrogen) atoms. The van der Waals surface area contributed by atoms with Crippen molar-refractivity contribution in [3.8, 4) is 11.1 Å². The summed E-state index contributed by atoms with van der Waals surface area (Å²) in [4.78, 5) is 42.2. The Labute approximate surface area is 219 Å². The predicted octanol–water partition coefficient (Wildman–Crippen LogP) is 5.19. The van der Waals surface area contributed by atoms with Crippen LogP contribution in [0.15, 0.2) is 72.8 Å². The molecule has 0 atom stereocenters. The number of H-pyrrole nitrogens is 1. The smallest absolute Gasteiger partial charge is 0.258 e. The molecule has 1 aliphatic rings. The molecule has 0 aliphatic carbocycles. The monoisotopic (exact) mass is 502 g/mol. The Bertz CT molecular complexity index is 1800. The highest BCUT2D eigenvalue weighted by Gasteiger charge is 2.29. The van der Waals surface area contributed by atoms with Crippen LogP contribution in [0.5, 0.6) is 0 Å². The number of carbonyl (C=O) groups is 3. The number of hydrogen-bond acceptors (Lipinski definition) is 3. The van der Waals surface area contributed by atoms with Gasteiger partial charge in [-0.2, -0.15) is 0 Å².